The maximum Gasteiger partial charge on any atom is 0.303 e. The first-order chi connectivity index (χ1) is 13.1. The molecule has 2 N–H and O–H groups in total. The number of pyridine rings is 1. The van der Waals surface area contributed by atoms with Gasteiger partial charge in [0, 0.05) is 42.6 Å². The summed E-state index contributed by atoms with van der Waals surface area (Å²) in [6.07, 6.45) is 5.26. The molecule has 0 atom stereocenters. The van der Waals surface area contributed by atoms with Crippen LogP contribution >= 0.6 is 12.4 Å². The Morgan fingerprint density at radius 3 is 2.89 bits per heavy atom. The molecule has 28 heavy (non-hydrogen) atoms. The Hall–Kier alpha value is -3.19. The summed E-state index contributed by atoms with van der Waals surface area (Å²) in [5.41, 5.74) is 3.23. The number of allylic oxidation sites excluding steroid dienone is 1. The number of ketones is 1. The average molecular weight is 399 g/mol. The lowest BCUT2D eigenvalue weighted by molar-refractivity contribution is -0.136. The van der Waals surface area contributed by atoms with Crippen molar-refractivity contribution in [1.29, 1.82) is 0 Å². The zero-order chi connectivity index (χ0) is 18.8. The summed E-state index contributed by atoms with van der Waals surface area (Å²) in [7, 11) is 0. The maximum absolute atomic E-state index is 12.6. The van der Waals surface area contributed by atoms with Crippen molar-refractivity contribution in [2.75, 3.05) is 18.4 Å². The van der Waals surface area contributed by atoms with Crippen molar-refractivity contribution in [3.63, 3.8) is 0 Å². The zero-order valence-electron chi connectivity index (χ0n) is 15.0. The van der Waals surface area contributed by atoms with Gasteiger partial charge < -0.3 is 15.3 Å². The van der Waals surface area contributed by atoms with E-state index >= 15 is 0 Å². The van der Waals surface area contributed by atoms with Crippen LogP contribution in [0, 0.1) is 0 Å². The third-order valence-corrected chi connectivity index (χ3v) is 4.56. The number of benzene rings is 1. The number of fused-ring (bicyclic) bond motifs is 3. The molecule has 0 unspecified atom stereocenters. The SMILES string of the molecule is Cl.O=C(O)CCc1ccc2c(c1)NC(=CC(=O)c1cccnc1)N1CCN=C21. The van der Waals surface area contributed by atoms with E-state index in [9.17, 15) is 9.59 Å². The minimum atomic E-state index is -0.824. The lowest BCUT2D eigenvalue weighted by Crippen LogP contribution is -2.36. The molecule has 4 rings (SSSR count). The van der Waals surface area contributed by atoms with E-state index < -0.39 is 5.97 Å². The van der Waals surface area contributed by atoms with Crippen molar-refractivity contribution in [1.82, 2.24) is 9.88 Å². The number of nitrogens with one attached hydrogen (secondary N) is 1. The lowest BCUT2D eigenvalue weighted by atomic mass is 10.0. The van der Waals surface area contributed by atoms with Gasteiger partial charge in [-0.05, 0) is 36.2 Å². The number of hydrogen-bond acceptors (Lipinski definition) is 6. The lowest BCUT2D eigenvalue weighted by Gasteiger charge is -2.31. The third kappa shape index (κ3) is 3.89. The Balaban J connectivity index is 0.00000225. The van der Waals surface area contributed by atoms with Gasteiger partial charge in [0.15, 0.2) is 5.78 Å². The Morgan fingerprint density at radius 1 is 1.29 bits per heavy atom. The van der Waals surface area contributed by atoms with E-state index in [-0.39, 0.29) is 24.6 Å². The molecular formula is C20H19ClN4O3. The van der Waals surface area contributed by atoms with Gasteiger partial charge in [-0.2, -0.15) is 0 Å². The topological polar surface area (TPSA) is 94.9 Å². The molecule has 7 nitrogen and oxygen atoms in total. The van der Waals surface area contributed by atoms with Gasteiger partial charge in [0.05, 0.1) is 12.2 Å². The highest BCUT2D eigenvalue weighted by Gasteiger charge is 2.29. The number of rotatable bonds is 5. The van der Waals surface area contributed by atoms with Gasteiger partial charge in [0.2, 0.25) is 0 Å². The van der Waals surface area contributed by atoms with E-state index in [1.807, 2.05) is 23.1 Å². The standard InChI is InChI=1S/C20H18N4O3.ClH/c25-17(14-2-1-7-21-12-14)11-18-23-16-10-13(4-6-19(26)27)3-5-15(16)20-22-8-9-24(18)20;/h1-3,5,7,10-12,23H,4,6,8-9H2,(H,26,27);1H. The van der Waals surface area contributed by atoms with E-state index in [0.29, 0.717) is 30.9 Å². The number of aromatic nitrogens is 1. The predicted octanol–water partition coefficient (Wildman–Crippen LogP) is 2.73. The fourth-order valence-electron chi connectivity index (χ4n) is 3.24. The molecule has 0 spiro atoms. The highest BCUT2D eigenvalue weighted by atomic mass is 35.5. The van der Waals surface area contributed by atoms with Crippen molar-refractivity contribution in [2.45, 2.75) is 12.8 Å². The van der Waals surface area contributed by atoms with Crippen LogP contribution in [0.4, 0.5) is 5.69 Å². The molecule has 2 aliphatic rings. The summed E-state index contributed by atoms with van der Waals surface area (Å²) in [6, 6.07) is 9.27. The highest BCUT2D eigenvalue weighted by Crippen LogP contribution is 2.31. The second-order valence-electron chi connectivity index (χ2n) is 6.39. The Kier molecular flexibility index (Phi) is 5.75. The summed E-state index contributed by atoms with van der Waals surface area (Å²) < 4.78 is 0. The molecule has 1 aromatic carbocycles. The van der Waals surface area contributed by atoms with Gasteiger partial charge >= 0.3 is 5.97 Å². The number of aryl methyl sites for hydroxylation is 1. The minimum absolute atomic E-state index is 0. The van der Waals surface area contributed by atoms with Crippen molar-refractivity contribution in [2.24, 2.45) is 4.99 Å². The molecule has 3 heterocycles. The van der Waals surface area contributed by atoms with E-state index in [2.05, 4.69) is 15.3 Å². The normalized spacial score (nSPS) is 15.8. The second-order valence-corrected chi connectivity index (χ2v) is 6.39. The summed E-state index contributed by atoms with van der Waals surface area (Å²) >= 11 is 0. The van der Waals surface area contributed by atoms with Crippen LogP contribution in [0.2, 0.25) is 0 Å². The number of aliphatic imine (C=N–C) groups is 1. The van der Waals surface area contributed by atoms with Gasteiger partial charge in [0.1, 0.15) is 11.7 Å². The number of carbonyl (C=O) groups is 2. The molecule has 0 fully saturated rings. The number of aliphatic carboxylic acids is 1. The summed E-state index contributed by atoms with van der Waals surface area (Å²) in [4.78, 5) is 34.0. The van der Waals surface area contributed by atoms with Crippen molar-refractivity contribution >= 4 is 35.7 Å². The molecular weight excluding hydrogens is 380 g/mol. The summed E-state index contributed by atoms with van der Waals surface area (Å²) in [5, 5.41) is 12.2. The number of amidine groups is 1. The number of carboxylic acids is 1. The molecule has 2 aliphatic heterocycles. The van der Waals surface area contributed by atoms with Crippen molar-refractivity contribution < 1.29 is 14.7 Å². The second kappa shape index (κ2) is 8.22. The van der Waals surface area contributed by atoms with Gasteiger partial charge in [-0.25, -0.2) is 0 Å². The number of anilines is 1. The van der Waals surface area contributed by atoms with Gasteiger partial charge in [-0.15, -0.1) is 12.4 Å². The Bertz CT molecular complexity index is 973. The first kappa shape index (κ1) is 19.6. The van der Waals surface area contributed by atoms with Crippen LogP contribution < -0.4 is 5.32 Å². The van der Waals surface area contributed by atoms with E-state index in [1.54, 1.807) is 30.6 Å². The first-order valence-electron chi connectivity index (χ1n) is 8.72. The Morgan fingerprint density at radius 2 is 2.14 bits per heavy atom. The van der Waals surface area contributed by atoms with Crippen LogP contribution in [-0.4, -0.2) is 45.7 Å². The monoisotopic (exact) mass is 398 g/mol. The third-order valence-electron chi connectivity index (χ3n) is 4.56. The highest BCUT2D eigenvalue weighted by molar-refractivity contribution is 6.10. The minimum Gasteiger partial charge on any atom is -0.481 e. The van der Waals surface area contributed by atoms with Gasteiger partial charge in [-0.3, -0.25) is 19.6 Å². The fourth-order valence-corrected chi connectivity index (χ4v) is 3.24. The Labute approximate surface area is 168 Å². The molecule has 0 saturated heterocycles. The quantitative estimate of drug-likeness (QED) is 0.594. The van der Waals surface area contributed by atoms with E-state index in [4.69, 9.17) is 5.11 Å². The molecule has 0 radical (unpaired) electrons. The molecule has 0 saturated carbocycles. The number of halogens is 1. The van der Waals surface area contributed by atoms with Crippen LogP contribution in [0.3, 0.4) is 0 Å². The predicted molar refractivity (Wildman–Crippen MR) is 108 cm³/mol. The van der Waals surface area contributed by atoms with Crippen LogP contribution in [0.1, 0.15) is 27.9 Å². The maximum atomic E-state index is 12.6. The average Bonchev–Trinajstić information content (AvgIpc) is 3.17. The molecule has 1 aromatic heterocycles. The van der Waals surface area contributed by atoms with Crippen LogP contribution in [0.15, 0.2) is 59.6 Å². The zero-order valence-corrected chi connectivity index (χ0v) is 15.8. The fraction of sp³-hybridized carbons (Fsp3) is 0.200. The van der Waals surface area contributed by atoms with Gasteiger partial charge in [0.25, 0.3) is 0 Å². The number of hydrogen-bond donors (Lipinski definition) is 2. The molecule has 0 aliphatic carbocycles. The number of carbonyl (C=O) groups excluding carboxylic acids is 1. The molecule has 8 heteroatoms. The summed E-state index contributed by atoms with van der Waals surface area (Å²) in [6.45, 7) is 1.37. The number of carboxylic acid groups (broad SMARTS) is 1. The number of nitrogens with zero attached hydrogens (tertiary/aromatic N) is 3. The van der Waals surface area contributed by atoms with Crippen LogP contribution in [-0.2, 0) is 11.2 Å². The molecule has 2 aromatic rings. The molecule has 0 amide bonds. The summed E-state index contributed by atoms with van der Waals surface area (Å²) in [5.74, 6) is 0.541. The smallest absolute Gasteiger partial charge is 0.303 e. The molecule has 0 bridgehead atoms. The largest absolute Gasteiger partial charge is 0.481 e. The molecule has 144 valence electrons. The van der Waals surface area contributed by atoms with Crippen molar-refractivity contribution in [3.8, 4) is 0 Å². The first-order valence-corrected chi connectivity index (χ1v) is 8.72. The van der Waals surface area contributed by atoms with Crippen molar-refractivity contribution in [3.05, 3.63) is 71.3 Å². The van der Waals surface area contributed by atoms with E-state index in [1.165, 1.54) is 0 Å². The van der Waals surface area contributed by atoms with Crippen LogP contribution in [0.25, 0.3) is 0 Å². The van der Waals surface area contributed by atoms with Crippen LogP contribution in [0.5, 0.6) is 0 Å². The van der Waals surface area contributed by atoms with E-state index in [0.717, 1.165) is 22.6 Å². The van der Waals surface area contributed by atoms with Gasteiger partial charge in [-0.1, -0.05) is 6.07 Å².